The van der Waals surface area contributed by atoms with Gasteiger partial charge in [-0.1, -0.05) is 32.9 Å². The van der Waals surface area contributed by atoms with Crippen molar-refractivity contribution in [3.63, 3.8) is 0 Å². The third-order valence-corrected chi connectivity index (χ3v) is 11.9. The van der Waals surface area contributed by atoms with Crippen LogP contribution >= 0.6 is 0 Å². The average Bonchev–Trinajstić information content (AvgIpc) is 3.27. The van der Waals surface area contributed by atoms with Crippen LogP contribution < -0.4 is 52.5 Å². The SMILES string of the molecule is Cc1nc(-c2ccc(C(C)(C)C)cc2O)nc(N)c1C(=O)N[C@@H](CNS(N)(=O)=O)C(=O)N(C)[C@@H]1C(=O)N[C@@H](C)C(=O)N[C@H](C(=O)O)Cc2ccc(OCCCN)c(c2)-c2cc1cc(OCCCN)c2O. The first-order chi connectivity index (χ1) is 32.8. The minimum absolute atomic E-state index is 0.00954. The number of aromatic nitrogens is 2. The second kappa shape index (κ2) is 22.5. The fraction of sp³-hybridized carbons (Fsp3) is 0.413. The first-order valence-electron chi connectivity index (χ1n) is 22.2. The highest BCUT2D eigenvalue weighted by atomic mass is 32.2. The summed E-state index contributed by atoms with van der Waals surface area (Å²) in [4.78, 5) is 79.2. The Kier molecular flexibility index (Phi) is 17.3. The first kappa shape index (κ1) is 53.8. The summed E-state index contributed by atoms with van der Waals surface area (Å²) >= 11 is 0. The standard InChI is InChI=1S/C46H61N11O12S/c1-23-36(39(49)56-40(52-23)28-11-10-27(21-33(28)58)46(3,4)5)42(61)55-32(22-51-70(50,66)67)44(63)57(6)37-26-19-30(38(59)35(20-26)69-16-8-14-48)29-17-25(9-12-34(29)68-15-7-13-47)18-31(45(64)65)54-41(60)24(2)53-43(37)62/h9-12,17,19-21,24,31-32,37,51,58-59H,7-8,13-16,18,22,47-48H2,1-6H3,(H,53,62)(H,54,60)(H,55,61)(H,64,65)(H2,49,52,56)(H2,50,66,67)/t24-,31-,32-,37-/m0/s1. The molecule has 0 radical (unpaired) electrons. The molecule has 3 aromatic carbocycles. The fourth-order valence-electron chi connectivity index (χ4n) is 7.50. The molecular formula is C46H61N11O12S. The van der Waals surface area contributed by atoms with E-state index in [1.165, 1.54) is 26.0 Å². The molecule has 0 unspecified atom stereocenters. The summed E-state index contributed by atoms with van der Waals surface area (Å²) < 4.78 is 38.6. The number of nitrogen functional groups attached to an aromatic ring is 1. The van der Waals surface area contributed by atoms with Gasteiger partial charge < -0.3 is 62.8 Å². The number of carboxylic acids is 1. The predicted molar refractivity (Wildman–Crippen MR) is 258 cm³/mol. The van der Waals surface area contributed by atoms with E-state index in [0.717, 1.165) is 17.5 Å². The van der Waals surface area contributed by atoms with E-state index in [2.05, 4.69) is 25.9 Å². The van der Waals surface area contributed by atoms with E-state index in [4.69, 9.17) is 31.8 Å². The number of aliphatic carboxylic acids is 1. The van der Waals surface area contributed by atoms with Crippen LogP contribution in [0.3, 0.4) is 0 Å². The number of carboxylic acid groups (broad SMARTS) is 1. The van der Waals surface area contributed by atoms with Gasteiger partial charge in [0.2, 0.25) is 17.7 Å². The van der Waals surface area contributed by atoms with Crippen LogP contribution in [-0.2, 0) is 41.2 Å². The van der Waals surface area contributed by atoms with Gasteiger partial charge in [0, 0.05) is 31.1 Å². The maximum atomic E-state index is 14.9. The minimum atomic E-state index is -4.53. The van der Waals surface area contributed by atoms with Gasteiger partial charge in [-0.3, -0.25) is 19.2 Å². The van der Waals surface area contributed by atoms with Gasteiger partial charge in [0.05, 0.1) is 24.5 Å². The summed E-state index contributed by atoms with van der Waals surface area (Å²) in [6.07, 6.45) is 0.533. The predicted octanol–water partition coefficient (Wildman–Crippen LogP) is 0.587. The smallest absolute Gasteiger partial charge is 0.326 e. The van der Waals surface area contributed by atoms with Crippen molar-refractivity contribution in [3.05, 3.63) is 76.5 Å². The molecule has 24 heteroatoms. The van der Waals surface area contributed by atoms with Crippen LogP contribution in [0.15, 0.2) is 48.5 Å². The van der Waals surface area contributed by atoms with Crippen molar-refractivity contribution in [3.8, 4) is 45.5 Å². The number of hydrogen-bond acceptors (Lipinski definition) is 16. The van der Waals surface area contributed by atoms with Crippen molar-refractivity contribution >= 4 is 45.6 Å². The van der Waals surface area contributed by atoms with E-state index in [0.29, 0.717) is 18.4 Å². The number of ether oxygens (including phenoxy) is 2. The maximum absolute atomic E-state index is 14.9. The number of carbonyl (C=O) groups excluding carboxylic acids is 4. The van der Waals surface area contributed by atoms with E-state index in [9.17, 15) is 47.7 Å². The van der Waals surface area contributed by atoms with E-state index >= 15 is 0 Å². The molecule has 23 nitrogen and oxygen atoms in total. The van der Waals surface area contributed by atoms with Crippen LogP contribution in [0.4, 0.5) is 5.82 Å². The third-order valence-electron chi connectivity index (χ3n) is 11.3. The van der Waals surface area contributed by atoms with Crippen molar-refractivity contribution in [2.45, 2.75) is 83.5 Å². The number of phenols is 2. The lowest BCUT2D eigenvalue weighted by Crippen LogP contribution is -2.57. The van der Waals surface area contributed by atoms with Gasteiger partial charge in [-0.15, -0.1) is 0 Å². The van der Waals surface area contributed by atoms with Gasteiger partial charge in [0.1, 0.15) is 47.0 Å². The van der Waals surface area contributed by atoms with E-state index in [1.54, 1.807) is 36.4 Å². The van der Waals surface area contributed by atoms with Gasteiger partial charge >= 0.3 is 5.97 Å². The highest BCUT2D eigenvalue weighted by Crippen LogP contribution is 2.45. The van der Waals surface area contributed by atoms with Gasteiger partial charge in [0.25, 0.3) is 16.1 Å². The molecule has 70 heavy (non-hydrogen) atoms. The number of benzene rings is 3. The normalized spacial score (nSPS) is 16.8. The van der Waals surface area contributed by atoms with Crippen LogP contribution in [0.2, 0.25) is 0 Å². The zero-order chi connectivity index (χ0) is 51.8. The quantitative estimate of drug-likeness (QED) is 0.0645. The van der Waals surface area contributed by atoms with E-state index in [1.807, 2.05) is 25.5 Å². The summed E-state index contributed by atoms with van der Waals surface area (Å²) in [5.41, 5.74) is 18.8. The molecule has 2 heterocycles. The number of nitrogens with one attached hydrogen (secondary N) is 4. The first-order valence-corrected chi connectivity index (χ1v) is 23.7. The summed E-state index contributed by atoms with van der Waals surface area (Å²) in [5.74, 6) is -6.38. The number of amides is 4. The molecule has 378 valence electrons. The molecule has 15 N–H and O–H groups in total. The van der Waals surface area contributed by atoms with Crippen molar-refractivity contribution in [2.24, 2.45) is 16.6 Å². The molecule has 4 atom stereocenters. The van der Waals surface area contributed by atoms with Gasteiger partial charge in [-0.25, -0.2) is 19.9 Å². The molecule has 4 amide bonds. The largest absolute Gasteiger partial charge is 0.507 e. The molecule has 1 aliphatic rings. The number of aryl methyl sites for hydroxylation is 1. The van der Waals surface area contributed by atoms with Crippen molar-refractivity contribution < 1.29 is 57.2 Å². The Bertz CT molecular complexity index is 2730. The lowest BCUT2D eigenvalue weighted by Gasteiger charge is -2.33. The second-order valence-corrected chi connectivity index (χ2v) is 19.1. The fourth-order valence-corrected chi connectivity index (χ4v) is 7.90. The number of phenolic OH excluding ortho intramolecular Hbond substituents is 2. The van der Waals surface area contributed by atoms with Crippen LogP contribution in [0.5, 0.6) is 23.0 Å². The van der Waals surface area contributed by atoms with Gasteiger partial charge in [-0.05, 0) is 98.3 Å². The summed E-state index contributed by atoms with van der Waals surface area (Å²) in [6, 6.07) is 5.75. The van der Waals surface area contributed by atoms with Crippen molar-refractivity contribution in [1.29, 1.82) is 0 Å². The lowest BCUT2D eigenvalue weighted by atomic mass is 9.86. The average molecular weight is 992 g/mol. The van der Waals surface area contributed by atoms with Crippen LogP contribution in [0, 0.1) is 6.92 Å². The Balaban J connectivity index is 1.65. The van der Waals surface area contributed by atoms with Gasteiger partial charge in [-0.2, -0.15) is 13.1 Å². The zero-order valence-electron chi connectivity index (χ0n) is 39.7. The second-order valence-electron chi connectivity index (χ2n) is 17.7. The highest BCUT2D eigenvalue weighted by molar-refractivity contribution is 7.87. The molecule has 0 saturated heterocycles. The molecule has 0 saturated carbocycles. The number of nitrogens with two attached hydrogens (primary N) is 4. The molecule has 1 aromatic heterocycles. The summed E-state index contributed by atoms with van der Waals surface area (Å²) in [5, 5.41) is 45.6. The molecule has 4 bridgehead atoms. The van der Waals surface area contributed by atoms with Crippen LogP contribution in [0.25, 0.3) is 22.5 Å². The van der Waals surface area contributed by atoms with Crippen LogP contribution in [-0.4, -0.2) is 126 Å². The molecule has 1 aliphatic heterocycles. The topological polar surface area (TPSA) is 380 Å². The zero-order valence-corrected chi connectivity index (χ0v) is 40.5. The van der Waals surface area contributed by atoms with Crippen LogP contribution in [0.1, 0.15) is 79.3 Å². The van der Waals surface area contributed by atoms with E-state index in [-0.39, 0.29) is 101 Å². The molecule has 4 aromatic rings. The monoisotopic (exact) mass is 991 g/mol. The minimum Gasteiger partial charge on any atom is -0.507 e. The van der Waals surface area contributed by atoms with Crippen molar-refractivity contribution in [2.75, 3.05) is 45.6 Å². The third kappa shape index (κ3) is 13.1. The molecule has 0 aliphatic carbocycles. The number of anilines is 1. The Morgan fingerprint density at radius 2 is 1.57 bits per heavy atom. The number of likely N-dealkylation sites (N-methyl/N-ethyl adjacent to an activating group) is 1. The molecule has 5 rings (SSSR count). The highest BCUT2D eigenvalue weighted by Gasteiger charge is 2.38. The molecule has 0 fully saturated rings. The number of hydrogen-bond donors (Lipinski definition) is 11. The number of rotatable bonds is 17. The Morgan fingerprint density at radius 3 is 2.16 bits per heavy atom. The lowest BCUT2D eigenvalue weighted by molar-refractivity contribution is -0.143. The Labute approximate surface area is 404 Å². The Hall–Kier alpha value is -7.12. The van der Waals surface area contributed by atoms with Crippen molar-refractivity contribution in [1.82, 2.24) is 35.5 Å². The number of fused-ring (bicyclic) bond motifs is 5. The number of carbonyl (C=O) groups is 5. The number of aromatic hydroxyl groups is 2. The Morgan fingerprint density at radius 1 is 0.914 bits per heavy atom. The molecule has 0 spiro atoms. The summed E-state index contributed by atoms with van der Waals surface area (Å²) in [6.45, 7) is 8.36. The summed E-state index contributed by atoms with van der Waals surface area (Å²) in [7, 11) is -3.36. The maximum Gasteiger partial charge on any atom is 0.326 e. The van der Waals surface area contributed by atoms with Gasteiger partial charge in [0.15, 0.2) is 17.3 Å². The number of nitrogens with zero attached hydrogens (tertiary/aromatic N) is 3. The molecular weight excluding hydrogens is 931 g/mol. The van der Waals surface area contributed by atoms with E-state index < -0.39 is 76.3 Å².